The van der Waals surface area contributed by atoms with Gasteiger partial charge in [-0.05, 0) is 24.3 Å². The summed E-state index contributed by atoms with van der Waals surface area (Å²) in [4.78, 5) is 16.3. The van der Waals surface area contributed by atoms with Crippen LogP contribution >= 0.6 is 22.9 Å². The summed E-state index contributed by atoms with van der Waals surface area (Å²) < 4.78 is 11.1. The summed E-state index contributed by atoms with van der Waals surface area (Å²) in [5, 5.41) is 5.71. The van der Waals surface area contributed by atoms with Crippen LogP contribution in [0.5, 0.6) is 11.5 Å². The molecule has 0 atom stereocenters. The molecule has 0 aliphatic rings. The van der Waals surface area contributed by atoms with E-state index < -0.39 is 0 Å². The van der Waals surface area contributed by atoms with Crippen LogP contribution in [0.15, 0.2) is 54.0 Å². The van der Waals surface area contributed by atoms with E-state index in [2.05, 4.69) is 10.3 Å². The Kier molecular flexibility index (Phi) is 5.53. The maximum Gasteiger partial charge on any atom is 0.257 e. The van der Waals surface area contributed by atoms with E-state index in [-0.39, 0.29) is 5.91 Å². The number of halogens is 1. The zero-order chi connectivity index (χ0) is 17.6. The number of rotatable bonds is 6. The smallest absolute Gasteiger partial charge is 0.257 e. The molecule has 0 saturated heterocycles. The first-order chi connectivity index (χ1) is 12.2. The minimum Gasteiger partial charge on any atom is -0.493 e. The van der Waals surface area contributed by atoms with Crippen LogP contribution < -0.4 is 14.8 Å². The van der Waals surface area contributed by atoms with Crippen molar-refractivity contribution in [3.05, 3.63) is 70.2 Å². The molecule has 0 aliphatic heterocycles. The third kappa shape index (κ3) is 4.29. The third-order valence-corrected chi connectivity index (χ3v) is 4.48. The van der Waals surface area contributed by atoms with Gasteiger partial charge in [0.15, 0.2) is 16.6 Å². The van der Waals surface area contributed by atoms with Crippen molar-refractivity contribution >= 4 is 34.0 Å². The van der Waals surface area contributed by atoms with E-state index in [1.165, 1.54) is 18.4 Å². The van der Waals surface area contributed by atoms with Crippen molar-refractivity contribution in [2.45, 2.75) is 6.61 Å². The molecule has 0 bridgehead atoms. The number of nitrogens with one attached hydrogen (secondary N) is 1. The molecule has 0 unspecified atom stereocenters. The van der Waals surface area contributed by atoms with Crippen molar-refractivity contribution in [1.82, 2.24) is 4.98 Å². The standard InChI is InChI=1S/C18H15ClN2O3S/c1-23-16-10-12(17(22)21-18-20-8-9-25-18)6-7-15(16)24-11-13-4-2-3-5-14(13)19/h2-10H,11H2,1H3,(H,20,21,22). The van der Waals surface area contributed by atoms with E-state index in [9.17, 15) is 4.79 Å². The molecule has 0 spiro atoms. The van der Waals surface area contributed by atoms with Gasteiger partial charge in [-0.2, -0.15) is 0 Å². The largest absolute Gasteiger partial charge is 0.493 e. The fraction of sp³-hybridized carbons (Fsp3) is 0.111. The molecule has 1 N–H and O–H groups in total. The minimum atomic E-state index is -0.258. The highest BCUT2D eigenvalue weighted by Crippen LogP contribution is 2.30. The van der Waals surface area contributed by atoms with Crippen molar-refractivity contribution in [3.63, 3.8) is 0 Å². The molecular formula is C18H15ClN2O3S. The molecule has 7 heteroatoms. The molecule has 1 aromatic heterocycles. The monoisotopic (exact) mass is 374 g/mol. The van der Waals surface area contributed by atoms with Gasteiger partial charge in [0.25, 0.3) is 5.91 Å². The predicted molar refractivity (Wildman–Crippen MR) is 98.8 cm³/mol. The lowest BCUT2D eigenvalue weighted by molar-refractivity contribution is 0.102. The molecule has 0 fully saturated rings. The van der Waals surface area contributed by atoms with Gasteiger partial charge in [0.2, 0.25) is 0 Å². The molecule has 1 heterocycles. The van der Waals surface area contributed by atoms with Crippen LogP contribution in [0, 0.1) is 0 Å². The van der Waals surface area contributed by atoms with Gasteiger partial charge in [-0.1, -0.05) is 29.8 Å². The number of hydrogen-bond acceptors (Lipinski definition) is 5. The van der Waals surface area contributed by atoms with E-state index in [4.69, 9.17) is 21.1 Å². The molecule has 128 valence electrons. The van der Waals surface area contributed by atoms with Crippen molar-refractivity contribution in [2.24, 2.45) is 0 Å². The van der Waals surface area contributed by atoms with Gasteiger partial charge in [-0.25, -0.2) is 4.98 Å². The lowest BCUT2D eigenvalue weighted by Gasteiger charge is -2.12. The Morgan fingerprint density at radius 2 is 2.08 bits per heavy atom. The number of amides is 1. The first-order valence-electron chi connectivity index (χ1n) is 7.42. The second-order valence-corrected chi connectivity index (χ2v) is 6.34. The summed E-state index contributed by atoms with van der Waals surface area (Å²) in [5.74, 6) is 0.748. The number of aromatic nitrogens is 1. The van der Waals surface area contributed by atoms with Crippen molar-refractivity contribution in [3.8, 4) is 11.5 Å². The Labute approximate surface area is 154 Å². The summed E-state index contributed by atoms with van der Waals surface area (Å²) in [5.41, 5.74) is 1.33. The van der Waals surface area contributed by atoms with Crippen LogP contribution in [-0.4, -0.2) is 18.0 Å². The predicted octanol–water partition coefficient (Wildman–Crippen LogP) is 4.64. The highest BCUT2D eigenvalue weighted by Gasteiger charge is 2.13. The van der Waals surface area contributed by atoms with Crippen molar-refractivity contribution in [1.29, 1.82) is 0 Å². The zero-order valence-corrected chi connectivity index (χ0v) is 14.9. The summed E-state index contributed by atoms with van der Waals surface area (Å²) in [7, 11) is 1.53. The van der Waals surface area contributed by atoms with Gasteiger partial charge in [0.05, 0.1) is 7.11 Å². The normalized spacial score (nSPS) is 10.3. The number of anilines is 1. The molecule has 2 aromatic carbocycles. The highest BCUT2D eigenvalue weighted by atomic mass is 35.5. The Morgan fingerprint density at radius 3 is 2.80 bits per heavy atom. The number of carbonyl (C=O) groups is 1. The molecule has 3 aromatic rings. The number of thiazole rings is 1. The van der Waals surface area contributed by atoms with Crippen LogP contribution in [0.25, 0.3) is 0 Å². The molecule has 3 rings (SSSR count). The Morgan fingerprint density at radius 1 is 1.24 bits per heavy atom. The molecule has 1 amide bonds. The van der Waals surface area contributed by atoms with Gasteiger partial charge in [-0.3, -0.25) is 10.1 Å². The topological polar surface area (TPSA) is 60.5 Å². The van der Waals surface area contributed by atoms with Crippen LogP contribution in [0.3, 0.4) is 0 Å². The first-order valence-corrected chi connectivity index (χ1v) is 8.68. The van der Waals surface area contributed by atoms with Gasteiger partial charge >= 0.3 is 0 Å². The van der Waals surface area contributed by atoms with Crippen molar-refractivity contribution in [2.75, 3.05) is 12.4 Å². The van der Waals surface area contributed by atoms with E-state index >= 15 is 0 Å². The molecule has 5 nitrogen and oxygen atoms in total. The maximum absolute atomic E-state index is 12.3. The molecular weight excluding hydrogens is 360 g/mol. The fourth-order valence-corrected chi connectivity index (χ4v) is 2.87. The lowest BCUT2D eigenvalue weighted by atomic mass is 10.2. The number of nitrogens with zero attached hydrogens (tertiary/aromatic N) is 1. The Balaban J connectivity index is 1.73. The number of methoxy groups -OCH3 is 1. The van der Waals surface area contributed by atoms with Crippen LogP contribution in [0.2, 0.25) is 5.02 Å². The van der Waals surface area contributed by atoms with E-state index in [0.717, 1.165) is 5.56 Å². The summed E-state index contributed by atoms with van der Waals surface area (Å²) in [6.07, 6.45) is 1.63. The van der Waals surface area contributed by atoms with Crippen LogP contribution in [0.4, 0.5) is 5.13 Å². The number of hydrogen-bond donors (Lipinski definition) is 1. The van der Waals surface area contributed by atoms with Gasteiger partial charge in [0, 0.05) is 27.7 Å². The quantitative estimate of drug-likeness (QED) is 0.683. The molecule has 0 saturated carbocycles. The third-order valence-electron chi connectivity index (χ3n) is 3.42. The van der Waals surface area contributed by atoms with E-state index in [1.807, 2.05) is 24.3 Å². The molecule has 0 radical (unpaired) electrons. The number of ether oxygens (including phenoxy) is 2. The summed E-state index contributed by atoms with van der Waals surface area (Å²) in [6, 6.07) is 12.5. The maximum atomic E-state index is 12.3. The average Bonchev–Trinajstić information content (AvgIpc) is 3.14. The Bertz CT molecular complexity index is 869. The number of carbonyl (C=O) groups excluding carboxylic acids is 1. The average molecular weight is 375 g/mol. The SMILES string of the molecule is COc1cc(C(=O)Nc2nccs2)ccc1OCc1ccccc1Cl. The van der Waals surface area contributed by atoms with Gasteiger partial charge < -0.3 is 9.47 Å². The minimum absolute atomic E-state index is 0.258. The summed E-state index contributed by atoms with van der Waals surface area (Å²) >= 11 is 7.48. The fourth-order valence-electron chi connectivity index (χ4n) is 2.15. The zero-order valence-electron chi connectivity index (χ0n) is 13.4. The van der Waals surface area contributed by atoms with Gasteiger partial charge in [0.1, 0.15) is 6.61 Å². The van der Waals surface area contributed by atoms with Gasteiger partial charge in [-0.15, -0.1) is 11.3 Å². The van der Waals surface area contributed by atoms with Crippen LogP contribution in [0.1, 0.15) is 15.9 Å². The summed E-state index contributed by atoms with van der Waals surface area (Å²) in [6.45, 7) is 0.306. The number of benzene rings is 2. The molecule has 25 heavy (non-hydrogen) atoms. The van der Waals surface area contributed by atoms with Crippen LogP contribution in [-0.2, 0) is 6.61 Å². The van der Waals surface area contributed by atoms with E-state index in [0.29, 0.717) is 33.8 Å². The first kappa shape index (κ1) is 17.3. The van der Waals surface area contributed by atoms with E-state index in [1.54, 1.807) is 29.8 Å². The second kappa shape index (κ2) is 8.00. The Hall–Kier alpha value is -2.57. The lowest BCUT2D eigenvalue weighted by Crippen LogP contribution is -2.12. The highest BCUT2D eigenvalue weighted by molar-refractivity contribution is 7.13. The van der Waals surface area contributed by atoms with Crippen molar-refractivity contribution < 1.29 is 14.3 Å². The second-order valence-electron chi connectivity index (χ2n) is 5.04. The molecule has 0 aliphatic carbocycles.